The van der Waals surface area contributed by atoms with Gasteiger partial charge in [0.25, 0.3) is 5.91 Å². The van der Waals surface area contributed by atoms with Crippen molar-refractivity contribution in [2.45, 2.75) is 50.5 Å². The minimum Gasteiger partial charge on any atom is -0.352 e. The number of nitrogens with zero attached hydrogens (tertiary/aromatic N) is 3. The molecule has 0 aliphatic carbocycles. The van der Waals surface area contributed by atoms with E-state index < -0.39 is 17.9 Å². The first-order chi connectivity index (χ1) is 19.3. The number of hydrogen-bond donors (Lipinski definition) is 2. The molecular weight excluding hydrogens is 542 g/mol. The Balaban J connectivity index is 1.16. The van der Waals surface area contributed by atoms with E-state index >= 15 is 0 Å². The zero-order valence-corrected chi connectivity index (χ0v) is 22.8. The van der Waals surface area contributed by atoms with Crippen molar-refractivity contribution in [3.05, 3.63) is 59.3 Å². The molecule has 11 heteroatoms. The third kappa shape index (κ3) is 5.59. The van der Waals surface area contributed by atoms with Gasteiger partial charge >= 0.3 is 6.18 Å². The number of likely N-dealkylation sites (tertiary alicyclic amines) is 1. The Bertz CT molecular complexity index is 1520. The molecule has 1 atom stereocenters. The fourth-order valence-electron chi connectivity index (χ4n) is 5.73. The normalized spacial score (nSPS) is 19.1. The number of benzene rings is 2. The molecule has 6 nitrogen and oxygen atoms in total. The van der Waals surface area contributed by atoms with Crippen molar-refractivity contribution >= 4 is 32.4 Å². The highest BCUT2D eigenvalue weighted by Crippen LogP contribution is 2.39. The summed E-state index contributed by atoms with van der Waals surface area (Å²) < 4.78 is 57.9. The maximum atomic E-state index is 14.0. The van der Waals surface area contributed by atoms with Crippen LogP contribution in [0.15, 0.2) is 42.6 Å². The highest BCUT2D eigenvalue weighted by Gasteiger charge is 2.36. The van der Waals surface area contributed by atoms with Gasteiger partial charge in [-0.1, -0.05) is 23.5 Å². The van der Waals surface area contributed by atoms with Gasteiger partial charge in [0, 0.05) is 43.0 Å². The second-order valence-corrected chi connectivity index (χ2v) is 11.6. The quantitative estimate of drug-likeness (QED) is 0.204. The van der Waals surface area contributed by atoms with Crippen LogP contribution in [0.1, 0.15) is 59.6 Å². The first-order valence-corrected chi connectivity index (χ1v) is 14.6. The van der Waals surface area contributed by atoms with E-state index in [2.05, 4.69) is 20.5 Å². The van der Waals surface area contributed by atoms with E-state index in [1.807, 2.05) is 16.5 Å². The van der Waals surface area contributed by atoms with Crippen LogP contribution in [-0.2, 0) is 6.18 Å². The molecule has 212 valence electrons. The van der Waals surface area contributed by atoms with Crippen molar-refractivity contribution in [1.82, 2.24) is 24.9 Å². The number of fused-ring (bicyclic) bond motifs is 3. The average Bonchev–Trinajstić information content (AvgIpc) is 3.68. The number of nitrogens with one attached hydrogen (secondary N) is 2. The van der Waals surface area contributed by atoms with Crippen LogP contribution in [0.3, 0.4) is 0 Å². The lowest BCUT2D eigenvalue weighted by atomic mass is 9.95. The van der Waals surface area contributed by atoms with Crippen molar-refractivity contribution < 1.29 is 22.4 Å². The number of imidazole rings is 1. The van der Waals surface area contributed by atoms with Gasteiger partial charge in [0.05, 0.1) is 21.5 Å². The number of carbonyl (C=O) groups is 1. The van der Waals surface area contributed by atoms with Gasteiger partial charge < -0.3 is 15.5 Å². The molecule has 40 heavy (non-hydrogen) atoms. The summed E-state index contributed by atoms with van der Waals surface area (Å²) in [4.78, 5) is 20.2. The zero-order chi connectivity index (χ0) is 27.9. The molecule has 0 spiro atoms. The summed E-state index contributed by atoms with van der Waals surface area (Å²) in [6.45, 7) is 3.63. The lowest BCUT2D eigenvalue weighted by Gasteiger charge is -2.28. The van der Waals surface area contributed by atoms with Gasteiger partial charge in [0.1, 0.15) is 6.17 Å². The van der Waals surface area contributed by atoms with E-state index in [4.69, 9.17) is 0 Å². The van der Waals surface area contributed by atoms with Gasteiger partial charge in [0.2, 0.25) is 0 Å². The first-order valence-electron chi connectivity index (χ1n) is 13.8. The Labute approximate surface area is 233 Å². The number of hydrogen-bond acceptors (Lipinski definition) is 5. The van der Waals surface area contributed by atoms with E-state index in [0.717, 1.165) is 49.2 Å². The van der Waals surface area contributed by atoms with Crippen molar-refractivity contribution in [3.63, 3.8) is 0 Å². The Morgan fingerprint density at radius 2 is 1.95 bits per heavy atom. The van der Waals surface area contributed by atoms with Gasteiger partial charge in [-0.3, -0.25) is 9.20 Å². The van der Waals surface area contributed by atoms with Crippen LogP contribution in [-0.4, -0.2) is 59.1 Å². The molecule has 4 aromatic rings. The third-order valence-corrected chi connectivity index (χ3v) is 8.92. The van der Waals surface area contributed by atoms with Crippen molar-refractivity contribution in [3.8, 4) is 11.3 Å². The van der Waals surface area contributed by atoms with Crippen LogP contribution in [0.2, 0.25) is 0 Å². The molecule has 2 saturated heterocycles. The molecule has 1 amide bonds. The standard InChI is InChI=1S/C29H31F4N5OS/c30-20-8-13-37(14-9-20)12-2-11-35-27(39)19-5-7-25-26(16-19)40-28-36-24(17-38(25)28)18-4-6-21(23-3-1-10-34-23)22(15-18)29(31,32)33/h4-7,15-17,20,23,34H,1-3,8-14H2,(H,35,39)/t23-/m1/s1. The molecule has 2 aromatic heterocycles. The predicted octanol–water partition coefficient (Wildman–Crippen LogP) is 6.21. The van der Waals surface area contributed by atoms with Crippen molar-refractivity contribution in [2.75, 3.05) is 32.7 Å². The first kappa shape index (κ1) is 27.2. The van der Waals surface area contributed by atoms with Gasteiger partial charge in [-0.25, -0.2) is 9.37 Å². The summed E-state index contributed by atoms with van der Waals surface area (Å²) in [6.07, 6.45) is 0.119. The van der Waals surface area contributed by atoms with E-state index in [1.54, 1.807) is 24.4 Å². The fraction of sp³-hybridized carbons (Fsp3) is 0.448. The number of thiazole rings is 1. The van der Waals surface area contributed by atoms with Crippen molar-refractivity contribution in [1.29, 1.82) is 0 Å². The van der Waals surface area contributed by atoms with E-state index in [9.17, 15) is 22.4 Å². The minimum atomic E-state index is -4.46. The molecule has 2 N–H and O–H groups in total. The third-order valence-electron chi connectivity index (χ3n) is 7.90. The predicted molar refractivity (Wildman–Crippen MR) is 149 cm³/mol. The van der Waals surface area contributed by atoms with E-state index in [-0.39, 0.29) is 17.5 Å². The fourth-order valence-corrected chi connectivity index (χ4v) is 6.78. The lowest BCUT2D eigenvalue weighted by Crippen LogP contribution is -2.36. The molecule has 2 aliphatic rings. The Kier molecular flexibility index (Phi) is 7.54. The van der Waals surface area contributed by atoms with Crippen molar-refractivity contribution in [2.24, 2.45) is 0 Å². The number of rotatable bonds is 7. The smallest absolute Gasteiger partial charge is 0.352 e. The molecule has 6 rings (SSSR count). The molecule has 4 heterocycles. The zero-order valence-electron chi connectivity index (χ0n) is 21.9. The maximum Gasteiger partial charge on any atom is 0.416 e. The number of aromatic nitrogens is 2. The number of carbonyl (C=O) groups excluding carboxylic acids is 1. The molecule has 0 saturated carbocycles. The highest BCUT2D eigenvalue weighted by molar-refractivity contribution is 7.23. The second-order valence-electron chi connectivity index (χ2n) is 10.6. The van der Waals surface area contributed by atoms with Crippen LogP contribution in [0, 0.1) is 0 Å². The number of halogens is 4. The summed E-state index contributed by atoms with van der Waals surface area (Å²) in [6, 6.07) is 9.62. The van der Waals surface area contributed by atoms with Crippen LogP contribution in [0.4, 0.5) is 17.6 Å². The van der Waals surface area contributed by atoms with Crippen LogP contribution >= 0.6 is 11.3 Å². The monoisotopic (exact) mass is 573 g/mol. The highest BCUT2D eigenvalue weighted by atomic mass is 32.1. The summed E-state index contributed by atoms with van der Waals surface area (Å²) in [5, 5.41) is 6.12. The number of piperidine rings is 1. The Morgan fingerprint density at radius 1 is 1.12 bits per heavy atom. The Morgan fingerprint density at radius 3 is 2.70 bits per heavy atom. The largest absolute Gasteiger partial charge is 0.416 e. The second kappa shape index (κ2) is 11.1. The minimum absolute atomic E-state index is 0.160. The summed E-state index contributed by atoms with van der Waals surface area (Å²) in [5.74, 6) is -0.160. The molecule has 2 aliphatic heterocycles. The average molecular weight is 574 g/mol. The Hall–Kier alpha value is -3.02. The van der Waals surface area contributed by atoms with Crippen LogP contribution < -0.4 is 10.6 Å². The molecule has 0 bridgehead atoms. The van der Waals surface area contributed by atoms with Crippen LogP contribution in [0.5, 0.6) is 0 Å². The maximum absolute atomic E-state index is 14.0. The van der Waals surface area contributed by atoms with Crippen LogP contribution in [0.25, 0.3) is 26.4 Å². The summed E-state index contributed by atoms with van der Waals surface area (Å²) in [7, 11) is 0. The molecule has 2 aromatic carbocycles. The van der Waals surface area contributed by atoms with E-state index in [1.165, 1.54) is 17.4 Å². The topological polar surface area (TPSA) is 61.7 Å². The summed E-state index contributed by atoms with van der Waals surface area (Å²) in [5.41, 5.74) is 1.94. The lowest BCUT2D eigenvalue weighted by molar-refractivity contribution is -0.138. The number of alkyl halides is 4. The van der Waals surface area contributed by atoms with Gasteiger partial charge in [0.15, 0.2) is 4.96 Å². The van der Waals surface area contributed by atoms with E-state index in [0.29, 0.717) is 47.6 Å². The molecule has 0 radical (unpaired) electrons. The molecule has 0 unspecified atom stereocenters. The molecule has 2 fully saturated rings. The van der Waals surface area contributed by atoms with Gasteiger partial charge in [-0.15, -0.1) is 0 Å². The van der Waals surface area contributed by atoms with Gasteiger partial charge in [-0.2, -0.15) is 13.2 Å². The van der Waals surface area contributed by atoms with Gasteiger partial charge in [-0.05, 0) is 75.0 Å². The SMILES string of the molecule is O=C(NCCCN1CCC(F)CC1)c1ccc2c(c1)sc1nc(-c3ccc([C@H]4CCCN4)c(C(F)(F)F)c3)cn12. The summed E-state index contributed by atoms with van der Waals surface area (Å²) >= 11 is 1.39. The molecular formula is C29H31F4N5OS. The number of amides is 1.